The largest absolute Gasteiger partial charge is 0.399 e. The molecule has 0 radical (unpaired) electrons. The molecule has 1 aromatic rings. The van der Waals surface area contributed by atoms with E-state index in [-0.39, 0.29) is 0 Å². The van der Waals surface area contributed by atoms with E-state index in [1.807, 2.05) is 19.2 Å². The number of nitrogens with zero attached hydrogens (tertiary/aromatic N) is 1. The minimum Gasteiger partial charge on any atom is -0.399 e. The lowest BCUT2D eigenvalue weighted by molar-refractivity contribution is 0.322. The van der Waals surface area contributed by atoms with Crippen LogP contribution in [0.25, 0.3) is 0 Å². The lowest BCUT2D eigenvalue weighted by atomic mass is 10.2. The normalized spacial score (nSPS) is 22.1. The predicted molar refractivity (Wildman–Crippen MR) is 63.6 cm³/mol. The minimum atomic E-state index is 0.666. The highest BCUT2D eigenvalue weighted by Gasteiger charge is 2.20. The Morgan fingerprint density at radius 3 is 2.73 bits per heavy atom. The van der Waals surface area contributed by atoms with Gasteiger partial charge in [-0.15, -0.1) is 0 Å². The van der Waals surface area contributed by atoms with Crippen LogP contribution in [0.5, 0.6) is 0 Å². The van der Waals surface area contributed by atoms with Crippen molar-refractivity contribution in [2.24, 2.45) is 0 Å². The fourth-order valence-corrected chi connectivity index (χ4v) is 2.09. The van der Waals surface area contributed by atoms with Gasteiger partial charge in [-0.1, -0.05) is 12.1 Å². The molecule has 0 aromatic heterocycles. The van der Waals surface area contributed by atoms with Crippen LogP contribution in [0.1, 0.15) is 12.0 Å². The average molecular weight is 205 g/mol. The maximum Gasteiger partial charge on any atom is 0.0314 e. The maximum absolute atomic E-state index is 5.65. The molecule has 3 N–H and O–H groups in total. The first-order valence-electron chi connectivity index (χ1n) is 5.52. The summed E-state index contributed by atoms with van der Waals surface area (Å²) in [5.74, 6) is 0. The van der Waals surface area contributed by atoms with E-state index < -0.39 is 0 Å². The fourth-order valence-electron chi connectivity index (χ4n) is 2.09. The van der Waals surface area contributed by atoms with E-state index in [1.54, 1.807) is 0 Å². The molecule has 1 fully saturated rings. The van der Waals surface area contributed by atoms with Gasteiger partial charge in [-0.2, -0.15) is 0 Å². The van der Waals surface area contributed by atoms with E-state index in [1.165, 1.54) is 18.5 Å². The van der Waals surface area contributed by atoms with Gasteiger partial charge < -0.3 is 11.1 Å². The molecule has 1 aromatic carbocycles. The molecule has 0 saturated carbocycles. The Balaban J connectivity index is 1.90. The SMILES string of the molecule is CNC1CCN(Cc2ccc(N)cc2)C1. The molecule has 1 saturated heterocycles. The van der Waals surface area contributed by atoms with Crippen LogP contribution in [0.4, 0.5) is 5.69 Å². The van der Waals surface area contributed by atoms with Crippen LogP contribution in [0, 0.1) is 0 Å². The van der Waals surface area contributed by atoms with Crippen LogP contribution >= 0.6 is 0 Å². The number of rotatable bonds is 3. The van der Waals surface area contributed by atoms with Gasteiger partial charge in [-0.25, -0.2) is 0 Å². The first-order valence-corrected chi connectivity index (χ1v) is 5.52. The van der Waals surface area contributed by atoms with Crippen molar-refractivity contribution in [2.45, 2.75) is 19.0 Å². The van der Waals surface area contributed by atoms with Crippen molar-refractivity contribution in [1.29, 1.82) is 0 Å². The molecule has 82 valence electrons. The number of likely N-dealkylation sites (tertiary alicyclic amines) is 1. The van der Waals surface area contributed by atoms with Crippen molar-refractivity contribution < 1.29 is 0 Å². The molecule has 0 aliphatic carbocycles. The standard InChI is InChI=1S/C12H19N3/c1-14-12-6-7-15(9-12)8-10-2-4-11(13)5-3-10/h2-5,12,14H,6-9,13H2,1H3. The molecule has 0 amide bonds. The topological polar surface area (TPSA) is 41.3 Å². The van der Waals surface area contributed by atoms with Gasteiger partial charge in [0.05, 0.1) is 0 Å². The molecule has 1 heterocycles. The predicted octanol–water partition coefficient (Wildman–Crippen LogP) is 1.06. The molecular formula is C12H19N3. The monoisotopic (exact) mass is 205 g/mol. The van der Waals surface area contributed by atoms with Gasteiger partial charge >= 0.3 is 0 Å². The summed E-state index contributed by atoms with van der Waals surface area (Å²) in [6.45, 7) is 3.38. The van der Waals surface area contributed by atoms with E-state index in [4.69, 9.17) is 5.73 Å². The lowest BCUT2D eigenvalue weighted by Gasteiger charge is -2.15. The van der Waals surface area contributed by atoms with Crippen LogP contribution < -0.4 is 11.1 Å². The minimum absolute atomic E-state index is 0.666. The quantitative estimate of drug-likeness (QED) is 0.725. The molecule has 3 heteroatoms. The highest BCUT2D eigenvalue weighted by molar-refractivity contribution is 5.39. The van der Waals surface area contributed by atoms with Gasteiger partial charge in [0.15, 0.2) is 0 Å². The number of benzene rings is 1. The Kier molecular flexibility index (Phi) is 3.23. The van der Waals surface area contributed by atoms with E-state index in [0.29, 0.717) is 6.04 Å². The second-order valence-electron chi connectivity index (χ2n) is 4.25. The third kappa shape index (κ3) is 2.70. The molecule has 0 spiro atoms. The molecule has 1 aliphatic heterocycles. The third-order valence-electron chi connectivity index (χ3n) is 3.07. The molecular weight excluding hydrogens is 186 g/mol. The van der Waals surface area contributed by atoms with E-state index in [9.17, 15) is 0 Å². The highest BCUT2D eigenvalue weighted by Crippen LogP contribution is 2.14. The van der Waals surface area contributed by atoms with E-state index in [2.05, 4.69) is 22.3 Å². The van der Waals surface area contributed by atoms with Gasteiger partial charge in [0, 0.05) is 31.4 Å². The second-order valence-corrected chi connectivity index (χ2v) is 4.25. The summed E-state index contributed by atoms with van der Waals surface area (Å²) in [7, 11) is 2.04. The zero-order valence-electron chi connectivity index (χ0n) is 9.24. The zero-order chi connectivity index (χ0) is 10.7. The van der Waals surface area contributed by atoms with Crippen molar-refractivity contribution in [3.63, 3.8) is 0 Å². The van der Waals surface area contributed by atoms with Gasteiger partial charge in [-0.05, 0) is 31.2 Å². The second kappa shape index (κ2) is 4.64. The van der Waals surface area contributed by atoms with Crippen LogP contribution in [-0.4, -0.2) is 31.1 Å². The number of likely N-dealkylation sites (N-methyl/N-ethyl adjacent to an activating group) is 1. The van der Waals surface area contributed by atoms with E-state index in [0.717, 1.165) is 18.8 Å². The van der Waals surface area contributed by atoms with Crippen molar-refractivity contribution in [1.82, 2.24) is 10.2 Å². The summed E-state index contributed by atoms with van der Waals surface area (Å²) in [5, 5.41) is 3.33. The summed E-state index contributed by atoms with van der Waals surface area (Å²) < 4.78 is 0. The van der Waals surface area contributed by atoms with Crippen LogP contribution in [-0.2, 0) is 6.54 Å². The summed E-state index contributed by atoms with van der Waals surface area (Å²) >= 11 is 0. The molecule has 1 unspecified atom stereocenters. The van der Waals surface area contributed by atoms with Crippen molar-refractivity contribution in [3.8, 4) is 0 Å². The summed E-state index contributed by atoms with van der Waals surface area (Å²) in [6.07, 6.45) is 1.26. The Hall–Kier alpha value is -1.06. The lowest BCUT2D eigenvalue weighted by Crippen LogP contribution is -2.29. The number of nitrogens with one attached hydrogen (secondary N) is 1. The van der Waals surface area contributed by atoms with Gasteiger partial charge in [0.2, 0.25) is 0 Å². The molecule has 15 heavy (non-hydrogen) atoms. The fraction of sp³-hybridized carbons (Fsp3) is 0.500. The number of nitrogen functional groups attached to an aromatic ring is 1. The van der Waals surface area contributed by atoms with Crippen LogP contribution in [0.2, 0.25) is 0 Å². The molecule has 3 nitrogen and oxygen atoms in total. The average Bonchev–Trinajstić information content (AvgIpc) is 2.69. The van der Waals surface area contributed by atoms with Crippen molar-refractivity contribution in [3.05, 3.63) is 29.8 Å². The molecule has 1 atom stereocenters. The molecule has 2 rings (SSSR count). The Morgan fingerprint density at radius 1 is 1.40 bits per heavy atom. The molecule has 0 bridgehead atoms. The number of hydrogen-bond acceptors (Lipinski definition) is 3. The Morgan fingerprint density at radius 2 is 2.13 bits per heavy atom. The first kappa shape index (κ1) is 10.5. The van der Waals surface area contributed by atoms with Gasteiger partial charge in [0.25, 0.3) is 0 Å². The van der Waals surface area contributed by atoms with Gasteiger partial charge in [-0.3, -0.25) is 4.90 Å². The zero-order valence-corrected chi connectivity index (χ0v) is 9.24. The maximum atomic E-state index is 5.65. The third-order valence-corrected chi connectivity index (χ3v) is 3.07. The summed E-state index contributed by atoms with van der Waals surface area (Å²) in [4.78, 5) is 2.48. The number of anilines is 1. The molecule has 1 aliphatic rings. The summed E-state index contributed by atoms with van der Waals surface area (Å²) in [5.41, 5.74) is 7.84. The number of hydrogen-bond donors (Lipinski definition) is 2. The Labute approximate surface area is 91.3 Å². The van der Waals surface area contributed by atoms with Crippen LogP contribution in [0.3, 0.4) is 0 Å². The number of nitrogens with two attached hydrogens (primary N) is 1. The Bertz CT molecular complexity index is 307. The van der Waals surface area contributed by atoms with Crippen molar-refractivity contribution >= 4 is 5.69 Å². The highest BCUT2D eigenvalue weighted by atomic mass is 15.2. The summed E-state index contributed by atoms with van der Waals surface area (Å²) in [6, 6.07) is 8.84. The van der Waals surface area contributed by atoms with E-state index >= 15 is 0 Å². The van der Waals surface area contributed by atoms with Gasteiger partial charge in [0.1, 0.15) is 0 Å². The first-order chi connectivity index (χ1) is 7.28. The smallest absolute Gasteiger partial charge is 0.0314 e. The van der Waals surface area contributed by atoms with Crippen LogP contribution in [0.15, 0.2) is 24.3 Å². The van der Waals surface area contributed by atoms with Crippen molar-refractivity contribution in [2.75, 3.05) is 25.9 Å².